The van der Waals surface area contributed by atoms with E-state index in [2.05, 4.69) is 31.9 Å². The fraction of sp³-hybridized carbons (Fsp3) is 0.600. The highest BCUT2D eigenvalue weighted by molar-refractivity contribution is 9.10. The monoisotopic (exact) mass is 412 g/mol. The van der Waals surface area contributed by atoms with Crippen LogP contribution in [-0.4, -0.2) is 11.9 Å². The molecular formula is C15H20Br2F2O. The van der Waals surface area contributed by atoms with Crippen molar-refractivity contribution in [3.63, 3.8) is 0 Å². The summed E-state index contributed by atoms with van der Waals surface area (Å²) < 4.78 is 32.3. The van der Waals surface area contributed by atoms with Crippen LogP contribution in [0.2, 0.25) is 0 Å². The van der Waals surface area contributed by atoms with Crippen LogP contribution in [0.1, 0.15) is 44.9 Å². The maximum Gasteiger partial charge on any atom is 0.200 e. The third-order valence-corrected chi connectivity index (χ3v) is 4.01. The van der Waals surface area contributed by atoms with E-state index >= 15 is 0 Å². The Bertz CT molecular complexity index is 400. The molecule has 0 heterocycles. The van der Waals surface area contributed by atoms with E-state index in [9.17, 15) is 8.78 Å². The molecule has 0 aliphatic rings. The van der Waals surface area contributed by atoms with Crippen molar-refractivity contribution in [3.8, 4) is 5.75 Å². The Balaban J connectivity index is 2.13. The van der Waals surface area contributed by atoms with E-state index in [1.807, 2.05) is 0 Å². The standard InChI is InChI=1S/C15H20Br2F2O/c16-8-6-4-2-1-3-5-7-9-20-14-11-12(17)10-13(18)15(14)19/h10-11H,1-9H2. The fourth-order valence-electron chi connectivity index (χ4n) is 1.90. The molecule has 0 saturated carbocycles. The Morgan fingerprint density at radius 3 is 2.15 bits per heavy atom. The van der Waals surface area contributed by atoms with Crippen molar-refractivity contribution in [2.75, 3.05) is 11.9 Å². The van der Waals surface area contributed by atoms with E-state index in [0.717, 1.165) is 24.2 Å². The van der Waals surface area contributed by atoms with Gasteiger partial charge >= 0.3 is 0 Å². The lowest BCUT2D eigenvalue weighted by Crippen LogP contribution is -2.01. The molecule has 0 radical (unpaired) electrons. The van der Waals surface area contributed by atoms with Crippen LogP contribution in [0.3, 0.4) is 0 Å². The second kappa shape index (κ2) is 10.6. The summed E-state index contributed by atoms with van der Waals surface area (Å²) in [4.78, 5) is 0. The molecule has 0 aliphatic carbocycles. The van der Waals surface area contributed by atoms with Gasteiger partial charge in [0.2, 0.25) is 5.82 Å². The van der Waals surface area contributed by atoms with Crippen LogP contribution in [0.5, 0.6) is 5.75 Å². The third kappa shape index (κ3) is 7.02. The zero-order valence-electron chi connectivity index (χ0n) is 11.4. The molecule has 0 saturated heterocycles. The maximum absolute atomic E-state index is 13.4. The molecule has 0 spiro atoms. The van der Waals surface area contributed by atoms with Gasteiger partial charge in [0.05, 0.1) is 6.61 Å². The zero-order chi connectivity index (χ0) is 14.8. The van der Waals surface area contributed by atoms with Gasteiger partial charge in [-0.1, -0.05) is 64.0 Å². The van der Waals surface area contributed by atoms with Gasteiger partial charge < -0.3 is 4.74 Å². The minimum Gasteiger partial charge on any atom is -0.490 e. The average molecular weight is 414 g/mol. The van der Waals surface area contributed by atoms with Crippen molar-refractivity contribution in [2.24, 2.45) is 0 Å². The van der Waals surface area contributed by atoms with Crippen LogP contribution in [0.15, 0.2) is 16.6 Å². The van der Waals surface area contributed by atoms with Gasteiger partial charge in [0.25, 0.3) is 0 Å². The molecular weight excluding hydrogens is 394 g/mol. The topological polar surface area (TPSA) is 9.23 Å². The summed E-state index contributed by atoms with van der Waals surface area (Å²) >= 11 is 6.53. The summed E-state index contributed by atoms with van der Waals surface area (Å²) in [7, 11) is 0. The number of alkyl halides is 1. The molecule has 1 aromatic rings. The Morgan fingerprint density at radius 2 is 1.50 bits per heavy atom. The number of halogens is 4. The Kier molecular flexibility index (Phi) is 9.44. The largest absolute Gasteiger partial charge is 0.490 e. The Hall–Kier alpha value is -0.160. The van der Waals surface area contributed by atoms with E-state index in [0.29, 0.717) is 11.1 Å². The van der Waals surface area contributed by atoms with Crippen molar-refractivity contribution in [1.29, 1.82) is 0 Å². The SMILES string of the molecule is Fc1cc(Br)cc(OCCCCCCCCCBr)c1F. The number of benzene rings is 1. The molecule has 20 heavy (non-hydrogen) atoms. The first-order valence-corrected chi connectivity index (χ1v) is 8.90. The summed E-state index contributed by atoms with van der Waals surface area (Å²) in [5.41, 5.74) is 0. The summed E-state index contributed by atoms with van der Waals surface area (Å²) in [5, 5.41) is 1.08. The van der Waals surface area contributed by atoms with E-state index in [1.165, 1.54) is 38.2 Å². The first-order chi connectivity index (χ1) is 9.65. The molecule has 0 unspecified atom stereocenters. The Morgan fingerprint density at radius 1 is 0.900 bits per heavy atom. The number of hydrogen-bond acceptors (Lipinski definition) is 1. The van der Waals surface area contributed by atoms with Crippen molar-refractivity contribution in [1.82, 2.24) is 0 Å². The molecule has 0 atom stereocenters. The van der Waals surface area contributed by atoms with Crippen LogP contribution in [0.25, 0.3) is 0 Å². The molecule has 0 bridgehead atoms. The average Bonchev–Trinajstić information content (AvgIpc) is 2.42. The Labute approximate surface area is 136 Å². The summed E-state index contributed by atoms with van der Waals surface area (Å²) in [6.07, 6.45) is 8.09. The van der Waals surface area contributed by atoms with Gasteiger partial charge in [-0.2, -0.15) is 4.39 Å². The summed E-state index contributed by atoms with van der Waals surface area (Å²) in [6, 6.07) is 2.55. The highest BCUT2D eigenvalue weighted by Crippen LogP contribution is 2.25. The second-order valence-corrected chi connectivity index (χ2v) is 6.42. The normalized spacial score (nSPS) is 10.8. The molecule has 0 N–H and O–H groups in total. The predicted octanol–water partition coefficient (Wildman–Crippen LogP) is 6.23. The first kappa shape index (κ1) is 17.9. The van der Waals surface area contributed by atoms with Crippen LogP contribution in [0, 0.1) is 11.6 Å². The fourth-order valence-corrected chi connectivity index (χ4v) is 2.71. The van der Waals surface area contributed by atoms with Crippen molar-refractivity contribution in [3.05, 3.63) is 28.2 Å². The summed E-state index contributed by atoms with van der Waals surface area (Å²) in [6.45, 7) is 0.425. The molecule has 0 amide bonds. The lowest BCUT2D eigenvalue weighted by Gasteiger charge is -2.08. The minimum atomic E-state index is -0.914. The van der Waals surface area contributed by atoms with Crippen LogP contribution in [-0.2, 0) is 0 Å². The number of ether oxygens (including phenoxy) is 1. The van der Waals surface area contributed by atoms with Crippen LogP contribution in [0.4, 0.5) is 8.78 Å². The molecule has 1 rings (SSSR count). The predicted molar refractivity (Wildman–Crippen MR) is 85.7 cm³/mol. The lowest BCUT2D eigenvalue weighted by molar-refractivity contribution is 0.284. The molecule has 114 valence electrons. The number of hydrogen-bond donors (Lipinski definition) is 0. The van der Waals surface area contributed by atoms with Gasteiger partial charge in [0.1, 0.15) is 0 Å². The quantitative estimate of drug-likeness (QED) is 0.251. The maximum atomic E-state index is 13.4. The number of unbranched alkanes of at least 4 members (excludes halogenated alkanes) is 6. The minimum absolute atomic E-state index is 0.0193. The number of rotatable bonds is 10. The van der Waals surface area contributed by atoms with E-state index in [4.69, 9.17) is 4.74 Å². The van der Waals surface area contributed by atoms with Crippen LogP contribution < -0.4 is 4.74 Å². The molecule has 5 heteroatoms. The smallest absolute Gasteiger partial charge is 0.200 e. The molecule has 1 aromatic carbocycles. The molecule has 0 fully saturated rings. The van der Waals surface area contributed by atoms with E-state index in [-0.39, 0.29) is 5.75 Å². The summed E-state index contributed by atoms with van der Waals surface area (Å²) in [5.74, 6) is -1.82. The van der Waals surface area contributed by atoms with Crippen molar-refractivity contribution in [2.45, 2.75) is 44.9 Å². The first-order valence-electron chi connectivity index (χ1n) is 6.98. The van der Waals surface area contributed by atoms with E-state index < -0.39 is 11.6 Å². The highest BCUT2D eigenvalue weighted by atomic mass is 79.9. The van der Waals surface area contributed by atoms with Crippen LogP contribution >= 0.6 is 31.9 Å². The van der Waals surface area contributed by atoms with Gasteiger partial charge in [-0.25, -0.2) is 4.39 Å². The third-order valence-electron chi connectivity index (χ3n) is 3.00. The lowest BCUT2D eigenvalue weighted by atomic mass is 10.1. The van der Waals surface area contributed by atoms with Gasteiger partial charge in [0.15, 0.2) is 11.6 Å². The molecule has 0 aromatic heterocycles. The second-order valence-electron chi connectivity index (χ2n) is 4.71. The van der Waals surface area contributed by atoms with Crippen molar-refractivity contribution < 1.29 is 13.5 Å². The highest BCUT2D eigenvalue weighted by Gasteiger charge is 2.10. The zero-order valence-corrected chi connectivity index (χ0v) is 14.6. The van der Waals surface area contributed by atoms with Gasteiger partial charge in [0, 0.05) is 9.80 Å². The molecule has 1 nitrogen and oxygen atoms in total. The van der Waals surface area contributed by atoms with Crippen molar-refractivity contribution >= 4 is 31.9 Å². The van der Waals surface area contributed by atoms with Gasteiger partial charge in [-0.3, -0.25) is 0 Å². The van der Waals surface area contributed by atoms with E-state index in [1.54, 1.807) is 0 Å². The van der Waals surface area contributed by atoms with Gasteiger partial charge in [-0.15, -0.1) is 0 Å². The van der Waals surface area contributed by atoms with Gasteiger partial charge in [-0.05, 0) is 25.0 Å². The molecule has 0 aliphatic heterocycles.